The number of ether oxygens (including phenoxy) is 3. The van der Waals surface area contributed by atoms with Crippen LogP contribution in [0.3, 0.4) is 0 Å². The van der Waals surface area contributed by atoms with E-state index in [1.165, 1.54) is 45.2 Å². The molecular formula is C29H28N6O6S. The van der Waals surface area contributed by atoms with Crippen LogP contribution in [0.25, 0.3) is 0 Å². The third-order valence-corrected chi connectivity index (χ3v) is 7.54. The van der Waals surface area contributed by atoms with E-state index >= 15 is 0 Å². The maximum atomic E-state index is 13.8. The molecule has 1 amide bonds. The van der Waals surface area contributed by atoms with Crippen LogP contribution in [0.15, 0.2) is 83.2 Å². The van der Waals surface area contributed by atoms with Crippen LogP contribution in [-0.2, 0) is 10.5 Å². The molecule has 0 radical (unpaired) electrons. The standard InChI is InChI=1S/C29H28N6O6S/c1-17-24(27(36)31-20-8-6-5-7-9-20)25(19-14-22(39-2)26(41-4)23(15-19)40-3)34-28(30-17)32-29(33-34)42-16-18-10-12-21(13-11-18)35(37)38/h5-15,25H,16H2,1-4H3,(H,31,36)(H,30,32,33). The van der Waals surface area contributed by atoms with Crippen LogP contribution in [0.2, 0.25) is 0 Å². The quantitative estimate of drug-likeness (QED) is 0.140. The van der Waals surface area contributed by atoms with Gasteiger partial charge in [0.15, 0.2) is 11.5 Å². The molecule has 0 fully saturated rings. The average molecular weight is 589 g/mol. The number of hydrogen-bond acceptors (Lipinski definition) is 10. The van der Waals surface area contributed by atoms with Crippen LogP contribution in [0.4, 0.5) is 17.3 Å². The summed E-state index contributed by atoms with van der Waals surface area (Å²) in [7, 11) is 4.58. The number of amides is 1. The number of rotatable bonds is 10. The predicted octanol–water partition coefficient (Wildman–Crippen LogP) is 5.43. The molecule has 2 N–H and O–H groups in total. The number of carbonyl (C=O) groups excluding carboxylic acids is 1. The molecule has 4 aromatic rings. The van der Waals surface area contributed by atoms with Gasteiger partial charge in [-0.15, -0.1) is 5.10 Å². The number of aromatic nitrogens is 3. The van der Waals surface area contributed by atoms with Gasteiger partial charge in [0.05, 0.1) is 31.8 Å². The number of nitro benzene ring substituents is 1. The van der Waals surface area contributed by atoms with Crippen molar-refractivity contribution in [2.24, 2.45) is 0 Å². The number of para-hydroxylation sites is 1. The molecule has 1 aliphatic heterocycles. The van der Waals surface area contributed by atoms with Crippen molar-refractivity contribution in [2.45, 2.75) is 23.9 Å². The second kappa shape index (κ2) is 12.2. The highest BCUT2D eigenvalue weighted by atomic mass is 32.2. The fraction of sp³-hybridized carbons (Fsp3) is 0.207. The van der Waals surface area contributed by atoms with Crippen molar-refractivity contribution in [3.05, 3.63) is 99.2 Å². The number of nitro groups is 1. The molecule has 0 spiro atoms. The first-order valence-corrected chi connectivity index (χ1v) is 13.8. The smallest absolute Gasteiger partial charge is 0.269 e. The largest absolute Gasteiger partial charge is 0.493 e. The van der Waals surface area contributed by atoms with Crippen molar-refractivity contribution in [2.75, 3.05) is 32.0 Å². The molecule has 0 saturated carbocycles. The maximum Gasteiger partial charge on any atom is 0.269 e. The Balaban J connectivity index is 1.54. The highest BCUT2D eigenvalue weighted by molar-refractivity contribution is 7.98. The summed E-state index contributed by atoms with van der Waals surface area (Å²) in [6.45, 7) is 1.81. The van der Waals surface area contributed by atoms with Crippen LogP contribution in [0, 0.1) is 10.1 Å². The van der Waals surface area contributed by atoms with E-state index in [1.54, 1.807) is 28.9 Å². The molecule has 2 heterocycles. The Morgan fingerprint density at radius 1 is 1.05 bits per heavy atom. The van der Waals surface area contributed by atoms with Gasteiger partial charge >= 0.3 is 0 Å². The molecular weight excluding hydrogens is 560 g/mol. The molecule has 13 heteroatoms. The van der Waals surface area contributed by atoms with Crippen LogP contribution < -0.4 is 24.8 Å². The van der Waals surface area contributed by atoms with Crippen LogP contribution in [0.5, 0.6) is 17.2 Å². The van der Waals surface area contributed by atoms with E-state index in [4.69, 9.17) is 19.3 Å². The Bertz CT molecular complexity index is 1630. The van der Waals surface area contributed by atoms with Crippen molar-refractivity contribution in [3.63, 3.8) is 0 Å². The molecule has 1 unspecified atom stereocenters. The number of thioether (sulfide) groups is 1. The number of non-ortho nitro benzene ring substituents is 1. The first-order chi connectivity index (χ1) is 20.3. The number of benzene rings is 3. The van der Waals surface area contributed by atoms with Gasteiger partial charge in [0, 0.05) is 29.3 Å². The Morgan fingerprint density at radius 2 is 1.71 bits per heavy atom. The molecule has 1 aliphatic rings. The first kappa shape index (κ1) is 28.5. The monoisotopic (exact) mass is 588 g/mol. The van der Waals surface area contributed by atoms with Gasteiger partial charge in [-0.2, -0.15) is 4.98 Å². The zero-order valence-electron chi connectivity index (χ0n) is 23.3. The molecule has 42 heavy (non-hydrogen) atoms. The molecule has 0 saturated heterocycles. The molecule has 5 rings (SSSR count). The number of anilines is 2. The molecule has 0 bridgehead atoms. The van der Waals surface area contributed by atoms with E-state index in [0.717, 1.165) is 5.56 Å². The fourth-order valence-electron chi connectivity index (χ4n) is 4.64. The van der Waals surface area contributed by atoms with Gasteiger partial charge in [0.1, 0.15) is 6.04 Å². The average Bonchev–Trinajstić information content (AvgIpc) is 3.41. The highest BCUT2D eigenvalue weighted by Gasteiger charge is 2.35. The van der Waals surface area contributed by atoms with Crippen LogP contribution >= 0.6 is 11.8 Å². The van der Waals surface area contributed by atoms with Crippen LogP contribution in [0.1, 0.15) is 24.1 Å². The number of nitrogens with one attached hydrogen (secondary N) is 2. The predicted molar refractivity (Wildman–Crippen MR) is 158 cm³/mol. The lowest BCUT2D eigenvalue weighted by atomic mass is 9.94. The Morgan fingerprint density at radius 3 is 2.31 bits per heavy atom. The van der Waals surface area contributed by atoms with E-state index in [2.05, 4.69) is 15.6 Å². The number of nitrogens with zero attached hydrogens (tertiary/aromatic N) is 4. The van der Waals surface area contributed by atoms with Gasteiger partial charge < -0.3 is 24.8 Å². The summed E-state index contributed by atoms with van der Waals surface area (Å²) < 4.78 is 18.4. The first-order valence-electron chi connectivity index (χ1n) is 12.8. The third-order valence-electron chi connectivity index (χ3n) is 6.63. The van der Waals surface area contributed by atoms with Gasteiger partial charge in [-0.3, -0.25) is 14.9 Å². The van der Waals surface area contributed by atoms with Gasteiger partial charge in [0.2, 0.25) is 16.9 Å². The summed E-state index contributed by atoms with van der Waals surface area (Å²) in [5.41, 5.74) is 3.26. The molecule has 12 nitrogen and oxygen atoms in total. The summed E-state index contributed by atoms with van der Waals surface area (Å²) >= 11 is 1.37. The summed E-state index contributed by atoms with van der Waals surface area (Å²) in [6, 6.07) is 18.4. The number of carbonyl (C=O) groups is 1. The Hall–Kier alpha value is -5.04. The minimum absolute atomic E-state index is 0.0274. The lowest BCUT2D eigenvalue weighted by molar-refractivity contribution is -0.384. The number of fused-ring (bicyclic) bond motifs is 1. The lowest BCUT2D eigenvalue weighted by Gasteiger charge is -2.29. The van der Waals surface area contributed by atoms with Crippen molar-refractivity contribution in [1.29, 1.82) is 0 Å². The minimum Gasteiger partial charge on any atom is -0.493 e. The maximum absolute atomic E-state index is 13.8. The van der Waals surface area contributed by atoms with Crippen molar-refractivity contribution in [1.82, 2.24) is 14.8 Å². The number of hydrogen-bond donors (Lipinski definition) is 2. The Kier molecular flexibility index (Phi) is 8.29. The molecule has 1 aromatic heterocycles. The van der Waals surface area contributed by atoms with E-state index < -0.39 is 11.0 Å². The molecule has 0 aliphatic carbocycles. The van der Waals surface area contributed by atoms with Crippen molar-refractivity contribution >= 4 is 35.0 Å². The van der Waals surface area contributed by atoms with E-state index in [0.29, 0.717) is 56.6 Å². The van der Waals surface area contributed by atoms with Gasteiger partial charge in [-0.25, -0.2) is 4.68 Å². The van der Waals surface area contributed by atoms with Gasteiger partial charge in [-0.05, 0) is 42.3 Å². The third kappa shape index (κ3) is 5.72. The highest BCUT2D eigenvalue weighted by Crippen LogP contribution is 2.44. The van der Waals surface area contributed by atoms with E-state index in [9.17, 15) is 14.9 Å². The summed E-state index contributed by atoms with van der Waals surface area (Å²) in [5, 5.41) is 22.4. The normalized spacial score (nSPS) is 14.0. The summed E-state index contributed by atoms with van der Waals surface area (Å²) in [4.78, 5) is 29.0. The SMILES string of the molecule is COc1cc(C2C(C(=O)Nc3ccccc3)=C(C)Nc3nc(SCc4ccc([N+](=O)[O-])cc4)nn32)cc(OC)c1OC. The van der Waals surface area contributed by atoms with Crippen molar-refractivity contribution in [3.8, 4) is 17.2 Å². The van der Waals surface area contributed by atoms with Crippen molar-refractivity contribution < 1.29 is 23.9 Å². The second-order valence-electron chi connectivity index (χ2n) is 9.22. The van der Waals surface area contributed by atoms with E-state index in [1.807, 2.05) is 37.3 Å². The summed E-state index contributed by atoms with van der Waals surface area (Å²) in [5.74, 6) is 1.91. The zero-order chi connectivity index (χ0) is 29.8. The number of methoxy groups -OCH3 is 3. The van der Waals surface area contributed by atoms with Gasteiger partial charge in [-0.1, -0.05) is 42.1 Å². The van der Waals surface area contributed by atoms with Crippen LogP contribution in [-0.4, -0.2) is 46.9 Å². The Labute approximate surface area is 245 Å². The fourth-order valence-corrected chi connectivity index (χ4v) is 5.42. The molecule has 216 valence electrons. The topological polar surface area (TPSA) is 143 Å². The minimum atomic E-state index is -0.695. The molecule has 1 atom stereocenters. The second-order valence-corrected chi connectivity index (χ2v) is 10.2. The summed E-state index contributed by atoms with van der Waals surface area (Å²) in [6.07, 6.45) is 0. The van der Waals surface area contributed by atoms with Gasteiger partial charge in [0.25, 0.3) is 11.6 Å². The zero-order valence-corrected chi connectivity index (χ0v) is 24.1. The van der Waals surface area contributed by atoms with E-state index in [-0.39, 0.29) is 11.6 Å². The lowest BCUT2D eigenvalue weighted by Crippen LogP contribution is -2.31. The number of allylic oxidation sites excluding steroid dienone is 1. The molecule has 3 aromatic carbocycles.